The van der Waals surface area contributed by atoms with Crippen LogP contribution in [0, 0.1) is 0 Å². The molecule has 13 heteroatoms. The van der Waals surface area contributed by atoms with E-state index >= 15 is 0 Å². The maximum atomic E-state index is 12.4. The van der Waals surface area contributed by atoms with Crippen molar-refractivity contribution in [2.75, 3.05) is 13.1 Å². The van der Waals surface area contributed by atoms with E-state index in [9.17, 15) is 13.2 Å². The number of fused-ring (bicyclic) bond motifs is 2. The van der Waals surface area contributed by atoms with Gasteiger partial charge < -0.3 is 15.5 Å². The highest BCUT2D eigenvalue weighted by Gasteiger charge is 2.50. The lowest BCUT2D eigenvalue weighted by molar-refractivity contribution is -0.0284. The molecule has 0 aromatic rings. The highest BCUT2D eigenvalue weighted by Crippen LogP contribution is 2.34. The molecule has 2 N–H and O–H groups in total. The van der Waals surface area contributed by atoms with Crippen LogP contribution in [0.5, 0.6) is 0 Å². The molecule has 0 aromatic carbocycles. The molecule has 1 unspecified atom stereocenters. The second-order valence-corrected chi connectivity index (χ2v) is 7.84. The number of rotatable bonds is 5. The molecular weight excluding hydrogens is 442 g/mol. The molecule has 3 heterocycles. The minimum absolute atomic E-state index is 0.101. The summed E-state index contributed by atoms with van der Waals surface area (Å²) in [4.78, 5) is 19.1. The molecule has 2 radical (unpaired) electrons. The normalized spacial score (nSPS) is 33.8. The molecule has 3 rings (SSSR count). The van der Waals surface area contributed by atoms with Crippen molar-refractivity contribution in [3.63, 3.8) is 0 Å². The molecule has 2 fully saturated rings. The number of hydroxylamine groups is 2. The van der Waals surface area contributed by atoms with Gasteiger partial charge in [-0.05, 0) is 12.8 Å². The molecule has 0 aliphatic carbocycles. The molecule has 3 aliphatic rings. The van der Waals surface area contributed by atoms with Crippen LogP contribution in [-0.2, 0) is 22.0 Å². The molecule has 2 saturated heterocycles. The fraction of sp³-hybridized carbons (Fsp3) is 0.800. The van der Waals surface area contributed by atoms with Gasteiger partial charge in [-0.25, -0.2) is 4.79 Å². The molecule has 10 nitrogen and oxygen atoms in total. The third-order valence-electron chi connectivity index (χ3n) is 4.13. The highest BCUT2D eigenvalue weighted by molar-refractivity contribution is 14.1. The fourth-order valence-corrected chi connectivity index (χ4v) is 3.60. The predicted molar refractivity (Wildman–Crippen MR) is 86.5 cm³/mol. The Labute approximate surface area is 148 Å². The van der Waals surface area contributed by atoms with E-state index in [1.165, 1.54) is 27.9 Å². The van der Waals surface area contributed by atoms with Gasteiger partial charge >= 0.3 is 16.4 Å². The Kier molecular flexibility index (Phi) is 4.50. The number of nitrogens with zero attached hydrogens (tertiary/aromatic N) is 3. The first-order valence-corrected chi connectivity index (χ1v) is 9.08. The maximum Gasteiger partial charge on any atom is 0.430 e. The Morgan fingerprint density at radius 2 is 2.26 bits per heavy atom. The van der Waals surface area contributed by atoms with Gasteiger partial charge in [0.1, 0.15) is 36.4 Å². The Hall–Kier alpha value is -0.635. The van der Waals surface area contributed by atoms with E-state index in [2.05, 4.69) is 7.67 Å². The standard InChI is InChI=1S/C10H14BIN4O6S/c11-10(5-13)3-7(14-20-10)8-2-1-6-4-15(8)9(17)16(6)22-23(18,19)21-12/h6,8H,1-5,13H2/t6?,8-,10+/m0/s1. The van der Waals surface area contributed by atoms with E-state index in [1.807, 2.05) is 0 Å². The number of nitrogens with two attached hydrogens (primary N) is 1. The summed E-state index contributed by atoms with van der Waals surface area (Å²) in [7, 11) is 1.66. The lowest BCUT2D eigenvalue weighted by Crippen LogP contribution is -2.47. The second-order valence-electron chi connectivity index (χ2n) is 5.67. The van der Waals surface area contributed by atoms with Crippen LogP contribution in [0.3, 0.4) is 0 Å². The van der Waals surface area contributed by atoms with Crippen molar-refractivity contribution < 1.29 is 24.8 Å². The number of hydrogen-bond donors (Lipinski definition) is 1. The zero-order valence-corrected chi connectivity index (χ0v) is 14.9. The van der Waals surface area contributed by atoms with E-state index < -0.39 is 21.9 Å². The summed E-state index contributed by atoms with van der Waals surface area (Å²) in [6.45, 7) is 0.434. The van der Waals surface area contributed by atoms with E-state index in [0.717, 1.165) is 5.06 Å². The van der Waals surface area contributed by atoms with E-state index in [1.54, 1.807) is 0 Å². The van der Waals surface area contributed by atoms with Crippen LogP contribution in [0.4, 0.5) is 4.79 Å². The van der Waals surface area contributed by atoms with Gasteiger partial charge in [-0.2, -0.15) is 16.0 Å². The average Bonchev–Trinajstić information content (AvgIpc) is 3.03. The molecular formula is C10H14BIN4O6S. The van der Waals surface area contributed by atoms with Crippen LogP contribution in [0.15, 0.2) is 5.16 Å². The van der Waals surface area contributed by atoms with Crippen LogP contribution in [0.2, 0.25) is 0 Å². The number of piperidine rings is 1. The lowest BCUT2D eigenvalue weighted by Gasteiger charge is -2.30. The Morgan fingerprint density at radius 1 is 1.52 bits per heavy atom. The smallest absolute Gasteiger partial charge is 0.398 e. The molecule has 3 aliphatic heterocycles. The monoisotopic (exact) mass is 456 g/mol. The lowest BCUT2D eigenvalue weighted by atomic mass is 9.76. The van der Waals surface area contributed by atoms with Crippen molar-refractivity contribution in [2.45, 2.75) is 36.8 Å². The minimum Gasteiger partial charge on any atom is -0.398 e. The van der Waals surface area contributed by atoms with E-state index in [0.29, 0.717) is 31.5 Å². The van der Waals surface area contributed by atoms with Crippen molar-refractivity contribution in [2.24, 2.45) is 10.9 Å². The summed E-state index contributed by atoms with van der Waals surface area (Å²) in [5.74, 6) is 0. The van der Waals surface area contributed by atoms with Crippen molar-refractivity contribution in [1.29, 1.82) is 0 Å². The van der Waals surface area contributed by atoms with Gasteiger partial charge in [-0.1, -0.05) is 5.16 Å². The summed E-state index contributed by atoms with van der Waals surface area (Å²) in [6, 6.07) is -1.23. The van der Waals surface area contributed by atoms with Crippen molar-refractivity contribution >= 4 is 53.0 Å². The number of amides is 2. The van der Waals surface area contributed by atoms with Crippen LogP contribution in [0.25, 0.3) is 0 Å². The Morgan fingerprint density at radius 3 is 2.87 bits per heavy atom. The fourth-order valence-electron chi connectivity index (χ4n) is 3.00. The number of halogens is 1. The zero-order valence-electron chi connectivity index (χ0n) is 11.9. The quantitative estimate of drug-likeness (QED) is 0.433. The third kappa shape index (κ3) is 3.16. The minimum atomic E-state index is -4.26. The van der Waals surface area contributed by atoms with E-state index in [-0.39, 0.29) is 18.6 Å². The molecule has 126 valence electrons. The zero-order chi connectivity index (χ0) is 16.8. The first-order valence-electron chi connectivity index (χ1n) is 6.87. The van der Waals surface area contributed by atoms with Gasteiger partial charge in [0.25, 0.3) is 0 Å². The summed E-state index contributed by atoms with van der Waals surface area (Å²) in [5.41, 5.74) is 5.13. The van der Waals surface area contributed by atoms with Crippen molar-refractivity contribution in [1.82, 2.24) is 9.96 Å². The van der Waals surface area contributed by atoms with Crippen molar-refractivity contribution in [3.05, 3.63) is 0 Å². The average molecular weight is 456 g/mol. The maximum absolute atomic E-state index is 12.4. The largest absolute Gasteiger partial charge is 0.430 e. The van der Waals surface area contributed by atoms with Gasteiger partial charge in [-0.3, -0.25) is 0 Å². The third-order valence-corrected chi connectivity index (χ3v) is 5.95. The highest BCUT2D eigenvalue weighted by atomic mass is 127. The van der Waals surface area contributed by atoms with Gasteiger partial charge in [0.15, 0.2) is 0 Å². The predicted octanol–water partition coefficient (Wildman–Crippen LogP) is -0.602. The number of carbonyl (C=O) groups excluding carboxylic acids is 1. The van der Waals surface area contributed by atoms with E-state index in [4.69, 9.17) is 22.7 Å². The molecule has 3 atom stereocenters. The molecule has 0 aromatic heterocycles. The SMILES string of the molecule is [B][C@]1(CN)CC([C@@H]2CCC3CN2C(=O)N3OS(=O)(=O)OI)=NO1. The number of hydrogen-bond acceptors (Lipinski definition) is 8. The molecule has 2 bridgehead atoms. The number of oxime groups is 1. The van der Waals surface area contributed by atoms with Gasteiger partial charge in [0.05, 0.1) is 17.8 Å². The number of carbonyl (C=O) groups is 1. The number of urea groups is 1. The Balaban J connectivity index is 1.74. The van der Waals surface area contributed by atoms with Crippen LogP contribution in [-0.4, -0.2) is 68.6 Å². The summed E-state index contributed by atoms with van der Waals surface area (Å²) >= 11 is 1.18. The Bertz CT molecular complexity index is 647. The van der Waals surface area contributed by atoms with Crippen LogP contribution in [0.1, 0.15) is 19.3 Å². The molecule has 23 heavy (non-hydrogen) atoms. The molecule has 0 saturated carbocycles. The van der Waals surface area contributed by atoms with Crippen LogP contribution >= 0.6 is 23.0 Å². The summed E-state index contributed by atoms with van der Waals surface area (Å²) in [5, 5.41) is 4.80. The second kappa shape index (κ2) is 6.02. The van der Waals surface area contributed by atoms with Crippen LogP contribution < -0.4 is 5.73 Å². The first kappa shape index (κ1) is 17.2. The molecule has 2 amide bonds. The molecule has 0 spiro atoms. The summed E-state index contributed by atoms with van der Waals surface area (Å²) < 4.78 is 31.7. The van der Waals surface area contributed by atoms with Crippen molar-refractivity contribution in [3.8, 4) is 0 Å². The summed E-state index contributed by atoms with van der Waals surface area (Å²) in [6.07, 6.45) is 1.48. The first-order chi connectivity index (χ1) is 10.8. The van der Waals surface area contributed by atoms with Gasteiger partial charge in [0.2, 0.25) is 0 Å². The van der Waals surface area contributed by atoms with Gasteiger partial charge in [-0.15, -0.1) is 4.28 Å². The topological polar surface area (TPSA) is 124 Å². The van der Waals surface area contributed by atoms with Gasteiger partial charge in [0, 0.05) is 19.5 Å².